The van der Waals surface area contributed by atoms with E-state index in [0.717, 1.165) is 7.11 Å². The number of aliphatic hydroxyl groups is 1. The lowest BCUT2D eigenvalue weighted by Gasteiger charge is -2.30. The van der Waals surface area contributed by atoms with Gasteiger partial charge in [-0.2, -0.15) is 0 Å². The van der Waals surface area contributed by atoms with E-state index in [4.69, 9.17) is 4.52 Å². The predicted octanol–water partition coefficient (Wildman–Crippen LogP) is 1.75. The second-order valence-electron chi connectivity index (χ2n) is 3.60. The summed E-state index contributed by atoms with van der Waals surface area (Å²) in [7, 11) is -8.71. The van der Waals surface area contributed by atoms with Gasteiger partial charge in [0.05, 0.1) is 0 Å². The van der Waals surface area contributed by atoms with Gasteiger partial charge in [0.15, 0.2) is 0 Å². The quantitative estimate of drug-likeness (QED) is 0.709. The van der Waals surface area contributed by atoms with Crippen LogP contribution < -0.4 is 4.52 Å². The SMILES string of the molecule is COP(=O)(O)C(C)(O)P(=O)(O)Oc1ccccc1. The summed E-state index contributed by atoms with van der Waals surface area (Å²) < 4.78 is 32.3. The lowest BCUT2D eigenvalue weighted by molar-refractivity contribution is 0.140. The molecule has 0 bridgehead atoms. The Hall–Kier alpha value is -0.680. The molecule has 0 saturated carbocycles. The number of hydrogen-bond acceptors (Lipinski definition) is 5. The average molecular weight is 296 g/mol. The van der Waals surface area contributed by atoms with Crippen LogP contribution in [0, 0.1) is 0 Å². The molecule has 3 unspecified atom stereocenters. The number of benzene rings is 1. The van der Waals surface area contributed by atoms with Gasteiger partial charge in [0.2, 0.25) is 0 Å². The molecule has 18 heavy (non-hydrogen) atoms. The lowest BCUT2D eigenvalue weighted by atomic mass is 10.3. The van der Waals surface area contributed by atoms with E-state index >= 15 is 0 Å². The van der Waals surface area contributed by atoms with Crippen molar-refractivity contribution >= 4 is 15.2 Å². The summed E-state index contributed by atoms with van der Waals surface area (Å²) >= 11 is 0. The maximum atomic E-state index is 11.9. The molecule has 0 aliphatic carbocycles. The minimum Gasteiger partial charge on any atom is -0.422 e. The van der Waals surface area contributed by atoms with E-state index in [-0.39, 0.29) is 5.75 Å². The molecule has 0 amide bonds. The van der Waals surface area contributed by atoms with Gasteiger partial charge in [-0.1, -0.05) is 18.2 Å². The van der Waals surface area contributed by atoms with Gasteiger partial charge in [0.25, 0.3) is 5.08 Å². The molecular formula is C9H14O7P2. The highest BCUT2D eigenvalue weighted by atomic mass is 31.2. The molecule has 102 valence electrons. The monoisotopic (exact) mass is 296 g/mol. The summed E-state index contributed by atoms with van der Waals surface area (Å²) in [5.41, 5.74) is 0. The second-order valence-corrected chi connectivity index (χ2v) is 8.32. The van der Waals surface area contributed by atoms with Gasteiger partial charge in [0, 0.05) is 7.11 Å². The first-order chi connectivity index (χ1) is 8.14. The van der Waals surface area contributed by atoms with E-state index in [2.05, 4.69) is 4.52 Å². The maximum Gasteiger partial charge on any atom is 0.420 e. The van der Waals surface area contributed by atoms with E-state index < -0.39 is 20.3 Å². The van der Waals surface area contributed by atoms with Gasteiger partial charge in [-0.3, -0.25) is 4.57 Å². The molecule has 0 fully saturated rings. The molecule has 1 aromatic carbocycles. The fourth-order valence-corrected chi connectivity index (χ4v) is 3.61. The van der Waals surface area contributed by atoms with Gasteiger partial charge in [0.1, 0.15) is 5.75 Å². The molecule has 1 rings (SSSR count). The van der Waals surface area contributed by atoms with Crippen LogP contribution in [-0.4, -0.2) is 27.1 Å². The Morgan fingerprint density at radius 2 is 1.61 bits per heavy atom. The van der Waals surface area contributed by atoms with Crippen LogP contribution in [0.3, 0.4) is 0 Å². The van der Waals surface area contributed by atoms with Gasteiger partial charge in [-0.25, -0.2) is 4.57 Å². The third kappa shape index (κ3) is 2.83. The molecule has 0 heterocycles. The van der Waals surface area contributed by atoms with Crippen molar-refractivity contribution in [2.24, 2.45) is 0 Å². The normalized spacial score (nSPS) is 21.4. The summed E-state index contributed by atoms with van der Waals surface area (Å²) in [5, 5.41) is 6.83. The van der Waals surface area contributed by atoms with Crippen LogP contribution in [0.15, 0.2) is 30.3 Å². The molecule has 9 heteroatoms. The van der Waals surface area contributed by atoms with Crippen LogP contribution in [-0.2, 0) is 13.7 Å². The Morgan fingerprint density at radius 1 is 1.11 bits per heavy atom. The fraction of sp³-hybridized carbons (Fsp3) is 0.333. The number of hydrogen-bond donors (Lipinski definition) is 3. The summed E-state index contributed by atoms with van der Waals surface area (Å²) in [6, 6.07) is 7.47. The van der Waals surface area contributed by atoms with Crippen molar-refractivity contribution in [2.45, 2.75) is 12.0 Å². The van der Waals surface area contributed by atoms with Crippen molar-refractivity contribution in [1.29, 1.82) is 0 Å². The lowest BCUT2D eigenvalue weighted by Crippen LogP contribution is -2.27. The van der Waals surface area contributed by atoms with Crippen molar-refractivity contribution < 1.29 is 33.1 Å². The molecule has 0 aromatic heterocycles. The molecular weight excluding hydrogens is 282 g/mol. The van der Waals surface area contributed by atoms with E-state index in [9.17, 15) is 24.0 Å². The topological polar surface area (TPSA) is 113 Å². The van der Waals surface area contributed by atoms with E-state index in [1.807, 2.05) is 0 Å². The molecule has 0 radical (unpaired) electrons. The van der Waals surface area contributed by atoms with Gasteiger partial charge in [-0.15, -0.1) is 0 Å². The van der Waals surface area contributed by atoms with E-state index in [1.54, 1.807) is 18.2 Å². The van der Waals surface area contributed by atoms with Crippen molar-refractivity contribution in [3.63, 3.8) is 0 Å². The first-order valence-corrected chi connectivity index (χ1v) is 7.98. The zero-order valence-electron chi connectivity index (χ0n) is 9.76. The van der Waals surface area contributed by atoms with Crippen molar-refractivity contribution in [1.82, 2.24) is 0 Å². The first kappa shape index (κ1) is 15.4. The Labute approximate surface area is 104 Å². The molecule has 0 saturated heterocycles. The van der Waals surface area contributed by atoms with Crippen LogP contribution >= 0.6 is 15.2 Å². The highest BCUT2D eigenvalue weighted by molar-refractivity contribution is 7.73. The highest BCUT2D eigenvalue weighted by Gasteiger charge is 2.59. The maximum absolute atomic E-state index is 11.9. The van der Waals surface area contributed by atoms with Crippen LogP contribution in [0.1, 0.15) is 6.92 Å². The van der Waals surface area contributed by atoms with Gasteiger partial charge < -0.3 is 23.9 Å². The molecule has 7 nitrogen and oxygen atoms in total. The van der Waals surface area contributed by atoms with Crippen LogP contribution in [0.4, 0.5) is 0 Å². The zero-order valence-corrected chi connectivity index (χ0v) is 11.5. The van der Waals surface area contributed by atoms with Gasteiger partial charge >= 0.3 is 15.2 Å². The average Bonchev–Trinajstić information content (AvgIpc) is 2.29. The minimum atomic E-state index is -4.84. The van der Waals surface area contributed by atoms with Crippen LogP contribution in [0.2, 0.25) is 0 Å². The highest BCUT2D eigenvalue weighted by Crippen LogP contribution is 2.71. The van der Waals surface area contributed by atoms with E-state index in [0.29, 0.717) is 6.92 Å². The summed E-state index contributed by atoms with van der Waals surface area (Å²) in [6.07, 6.45) is 0. The summed E-state index contributed by atoms with van der Waals surface area (Å²) in [5.74, 6) is -0.0142. The molecule has 3 atom stereocenters. The van der Waals surface area contributed by atoms with Crippen molar-refractivity contribution in [3.05, 3.63) is 30.3 Å². The van der Waals surface area contributed by atoms with Gasteiger partial charge in [-0.05, 0) is 19.1 Å². The standard InChI is InChI=1S/C9H14O7P2/c1-9(10,17(11,12)15-2)18(13,14)16-8-6-4-3-5-7-8/h3-7,10H,1-2H3,(H,11,12)(H,13,14). The molecule has 0 aliphatic heterocycles. The Bertz CT molecular complexity index is 499. The number of rotatable bonds is 5. The summed E-state index contributed by atoms with van der Waals surface area (Å²) in [4.78, 5) is 19.0. The third-order valence-corrected chi connectivity index (χ3v) is 6.90. The van der Waals surface area contributed by atoms with Crippen LogP contribution in [0.5, 0.6) is 5.75 Å². The molecule has 1 aromatic rings. The Balaban J connectivity index is 3.07. The Kier molecular flexibility index (Phi) is 4.38. The summed E-state index contributed by atoms with van der Waals surface area (Å²) in [6.45, 7) is 0.709. The zero-order chi connectivity index (χ0) is 14.0. The number of para-hydroxylation sites is 1. The van der Waals surface area contributed by atoms with Crippen LogP contribution in [0.25, 0.3) is 0 Å². The minimum absolute atomic E-state index is 0.0142. The second kappa shape index (κ2) is 5.13. The largest absolute Gasteiger partial charge is 0.422 e. The first-order valence-electron chi connectivity index (χ1n) is 4.82. The molecule has 0 aliphatic rings. The smallest absolute Gasteiger partial charge is 0.420 e. The Morgan fingerprint density at radius 3 is 2.06 bits per heavy atom. The molecule has 0 spiro atoms. The molecule has 3 N–H and O–H groups in total. The predicted molar refractivity (Wildman–Crippen MR) is 64.4 cm³/mol. The van der Waals surface area contributed by atoms with Crippen molar-refractivity contribution in [3.8, 4) is 5.75 Å². The third-order valence-electron chi connectivity index (χ3n) is 2.29. The van der Waals surface area contributed by atoms with E-state index in [1.165, 1.54) is 12.1 Å². The fourth-order valence-electron chi connectivity index (χ4n) is 1.04. The van der Waals surface area contributed by atoms with Crippen molar-refractivity contribution in [2.75, 3.05) is 7.11 Å².